The Bertz CT molecular complexity index is 1040. The number of nitrogens with zero attached hydrogens (tertiary/aromatic N) is 2. The van der Waals surface area contributed by atoms with E-state index in [0.29, 0.717) is 5.75 Å². The number of esters is 1. The summed E-state index contributed by atoms with van der Waals surface area (Å²) >= 11 is 0. The number of para-hydroxylation sites is 2. The molecule has 0 aliphatic rings. The highest BCUT2D eigenvalue weighted by atomic mass is 16.5. The molecular weight excluding hydrogens is 324 g/mol. The summed E-state index contributed by atoms with van der Waals surface area (Å²) in [7, 11) is 0. The third-order valence-electron chi connectivity index (χ3n) is 4.02. The Morgan fingerprint density at radius 2 is 1.50 bits per heavy atom. The largest absolute Gasteiger partial charge is 0.426 e. The van der Waals surface area contributed by atoms with Crippen molar-refractivity contribution in [3.8, 4) is 17.0 Å². The molecule has 0 fully saturated rings. The predicted molar refractivity (Wildman–Crippen MR) is 101 cm³/mol. The van der Waals surface area contributed by atoms with Gasteiger partial charge in [-0.25, -0.2) is 4.98 Å². The van der Waals surface area contributed by atoms with Crippen LogP contribution in [0.4, 0.5) is 0 Å². The number of ether oxygens (including phenoxy) is 1. The van der Waals surface area contributed by atoms with E-state index in [1.54, 1.807) is 18.3 Å². The van der Waals surface area contributed by atoms with Crippen LogP contribution >= 0.6 is 0 Å². The van der Waals surface area contributed by atoms with E-state index >= 15 is 0 Å². The van der Waals surface area contributed by atoms with E-state index < -0.39 is 0 Å². The second kappa shape index (κ2) is 7.15. The number of rotatable bonds is 4. The number of hydrogen-bond acceptors (Lipinski definition) is 4. The molecule has 4 nitrogen and oxygen atoms in total. The highest BCUT2D eigenvalue weighted by Crippen LogP contribution is 2.22. The number of aromatic nitrogens is 2. The van der Waals surface area contributed by atoms with E-state index in [9.17, 15) is 4.79 Å². The zero-order chi connectivity index (χ0) is 17.8. The minimum Gasteiger partial charge on any atom is -0.426 e. The maximum Gasteiger partial charge on any atom is 0.315 e. The molecule has 0 spiro atoms. The summed E-state index contributed by atoms with van der Waals surface area (Å²) in [6.45, 7) is 0. The Hall–Kier alpha value is -3.53. The average molecular weight is 340 g/mol. The van der Waals surface area contributed by atoms with Crippen molar-refractivity contribution in [1.29, 1.82) is 0 Å². The Balaban J connectivity index is 1.48. The number of carbonyl (C=O) groups excluding carboxylic acids is 1. The van der Waals surface area contributed by atoms with E-state index in [2.05, 4.69) is 9.97 Å². The normalized spacial score (nSPS) is 10.6. The third-order valence-corrected chi connectivity index (χ3v) is 4.02. The zero-order valence-electron chi connectivity index (χ0n) is 14.0. The summed E-state index contributed by atoms with van der Waals surface area (Å²) in [4.78, 5) is 21.1. The Kier molecular flexibility index (Phi) is 4.39. The molecule has 0 aliphatic carbocycles. The Labute approximate surface area is 151 Å². The van der Waals surface area contributed by atoms with Gasteiger partial charge >= 0.3 is 5.97 Å². The Morgan fingerprint density at radius 1 is 0.808 bits per heavy atom. The molecule has 4 aromatic rings. The summed E-state index contributed by atoms with van der Waals surface area (Å²) in [6.07, 6.45) is 2.00. The van der Waals surface area contributed by atoms with Crippen molar-refractivity contribution in [1.82, 2.24) is 9.97 Å². The van der Waals surface area contributed by atoms with Gasteiger partial charge in [0.25, 0.3) is 0 Å². The van der Waals surface area contributed by atoms with E-state index in [1.165, 1.54) is 0 Å². The zero-order valence-corrected chi connectivity index (χ0v) is 14.0. The van der Waals surface area contributed by atoms with Crippen LogP contribution in [0.3, 0.4) is 0 Å². The van der Waals surface area contributed by atoms with Crippen molar-refractivity contribution in [3.63, 3.8) is 0 Å². The van der Waals surface area contributed by atoms with Gasteiger partial charge in [-0.3, -0.25) is 9.78 Å². The average Bonchev–Trinajstić information content (AvgIpc) is 2.69. The molecule has 126 valence electrons. The van der Waals surface area contributed by atoms with E-state index in [1.807, 2.05) is 66.7 Å². The van der Waals surface area contributed by atoms with Crippen LogP contribution in [-0.4, -0.2) is 15.9 Å². The van der Waals surface area contributed by atoms with Crippen molar-refractivity contribution in [2.24, 2.45) is 0 Å². The fourth-order valence-electron chi connectivity index (χ4n) is 2.72. The lowest BCUT2D eigenvalue weighted by molar-refractivity contribution is -0.133. The SMILES string of the molecule is O=C(Cc1ccccc1)Oc1ccc(-c2cnc3ccccc3n2)cc1. The Morgan fingerprint density at radius 3 is 2.27 bits per heavy atom. The van der Waals surface area contributed by atoms with Crippen molar-refractivity contribution in [2.75, 3.05) is 0 Å². The highest BCUT2D eigenvalue weighted by molar-refractivity contribution is 5.77. The first kappa shape index (κ1) is 16.0. The van der Waals surface area contributed by atoms with Crippen LogP contribution < -0.4 is 4.74 Å². The minimum atomic E-state index is -0.283. The molecule has 0 radical (unpaired) electrons. The topological polar surface area (TPSA) is 52.1 Å². The second-order valence-corrected chi connectivity index (χ2v) is 5.90. The van der Waals surface area contributed by atoms with Gasteiger partial charge in [-0.15, -0.1) is 0 Å². The standard InChI is InChI=1S/C22H16N2O2/c25-22(14-16-6-2-1-3-7-16)26-18-12-10-17(11-13-18)21-15-23-19-8-4-5-9-20(19)24-21/h1-13,15H,14H2. The van der Waals surface area contributed by atoms with Crippen LogP contribution in [0.5, 0.6) is 5.75 Å². The molecule has 4 heteroatoms. The minimum absolute atomic E-state index is 0.249. The number of fused-ring (bicyclic) bond motifs is 1. The number of carbonyl (C=O) groups is 1. The number of hydrogen-bond donors (Lipinski definition) is 0. The monoisotopic (exact) mass is 340 g/mol. The van der Waals surface area contributed by atoms with Crippen LogP contribution in [0, 0.1) is 0 Å². The lowest BCUT2D eigenvalue weighted by atomic mass is 10.1. The summed E-state index contributed by atoms with van der Waals surface area (Å²) in [5.41, 5.74) is 4.35. The predicted octanol–water partition coefficient (Wildman–Crippen LogP) is 4.44. The van der Waals surface area contributed by atoms with Crippen molar-refractivity contribution in [3.05, 3.63) is 90.6 Å². The van der Waals surface area contributed by atoms with Gasteiger partial charge in [0.1, 0.15) is 5.75 Å². The van der Waals surface area contributed by atoms with Gasteiger partial charge in [-0.2, -0.15) is 0 Å². The number of benzene rings is 3. The quantitative estimate of drug-likeness (QED) is 0.407. The maximum atomic E-state index is 12.0. The molecule has 0 bridgehead atoms. The maximum absolute atomic E-state index is 12.0. The van der Waals surface area contributed by atoms with Crippen LogP contribution in [0.2, 0.25) is 0 Å². The summed E-state index contributed by atoms with van der Waals surface area (Å²) < 4.78 is 5.40. The lowest BCUT2D eigenvalue weighted by Gasteiger charge is -2.06. The summed E-state index contributed by atoms with van der Waals surface area (Å²) in [5, 5.41) is 0. The molecule has 0 N–H and O–H groups in total. The van der Waals surface area contributed by atoms with Crippen LogP contribution in [-0.2, 0) is 11.2 Å². The molecule has 0 unspecified atom stereocenters. The fourth-order valence-corrected chi connectivity index (χ4v) is 2.72. The third kappa shape index (κ3) is 3.59. The van der Waals surface area contributed by atoms with Gasteiger partial charge in [0.15, 0.2) is 0 Å². The summed E-state index contributed by atoms with van der Waals surface area (Å²) in [6, 6.07) is 24.6. The van der Waals surface area contributed by atoms with E-state index in [0.717, 1.165) is 27.9 Å². The van der Waals surface area contributed by atoms with Crippen LogP contribution in [0.25, 0.3) is 22.3 Å². The highest BCUT2D eigenvalue weighted by Gasteiger charge is 2.07. The van der Waals surface area contributed by atoms with Gasteiger partial charge in [0, 0.05) is 5.56 Å². The lowest BCUT2D eigenvalue weighted by Crippen LogP contribution is -2.11. The molecule has 0 aliphatic heterocycles. The van der Waals surface area contributed by atoms with Crippen molar-refractivity contribution < 1.29 is 9.53 Å². The first-order valence-electron chi connectivity index (χ1n) is 8.35. The van der Waals surface area contributed by atoms with Crippen LogP contribution in [0.1, 0.15) is 5.56 Å². The van der Waals surface area contributed by atoms with E-state index in [4.69, 9.17) is 4.74 Å². The molecule has 0 amide bonds. The summed E-state index contributed by atoms with van der Waals surface area (Å²) in [5.74, 6) is 0.234. The fraction of sp³-hybridized carbons (Fsp3) is 0.0455. The molecule has 26 heavy (non-hydrogen) atoms. The van der Waals surface area contributed by atoms with Crippen molar-refractivity contribution in [2.45, 2.75) is 6.42 Å². The molecule has 1 heterocycles. The van der Waals surface area contributed by atoms with Gasteiger partial charge in [0.2, 0.25) is 0 Å². The molecule has 0 saturated carbocycles. The molecule has 1 aromatic heterocycles. The van der Waals surface area contributed by atoms with Gasteiger partial charge in [-0.05, 0) is 42.0 Å². The first-order valence-corrected chi connectivity index (χ1v) is 8.35. The van der Waals surface area contributed by atoms with Gasteiger partial charge in [-0.1, -0.05) is 42.5 Å². The van der Waals surface area contributed by atoms with Crippen LogP contribution in [0.15, 0.2) is 85.1 Å². The molecule has 0 atom stereocenters. The van der Waals surface area contributed by atoms with E-state index in [-0.39, 0.29) is 12.4 Å². The smallest absolute Gasteiger partial charge is 0.315 e. The first-order chi connectivity index (χ1) is 12.8. The van der Waals surface area contributed by atoms with Gasteiger partial charge in [0.05, 0.1) is 29.3 Å². The molecule has 3 aromatic carbocycles. The molecular formula is C22H16N2O2. The van der Waals surface area contributed by atoms with Crippen molar-refractivity contribution >= 4 is 17.0 Å². The van der Waals surface area contributed by atoms with Gasteiger partial charge < -0.3 is 4.74 Å². The molecule has 4 rings (SSSR count). The second-order valence-electron chi connectivity index (χ2n) is 5.90. The molecule has 0 saturated heterocycles.